The fourth-order valence-electron chi connectivity index (χ4n) is 1.43. The van der Waals surface area contributed by atoms with Crippen LogP contribution in [0.15, 0.2) is 9.32 Å². The van der Waals surface area contributed by atoms with E-state index in [1.807, 2.05) is 0 Å². The summed E-state index contributed by atoms with van der Waals surface area (Å²) in [6.07, 6.45) is 0.505. The van der Waals surface area contributed by atoms with E-state index in [1.54, 1.807) is 0 Å². The van der Waals surface area contributed by atoms with Crippen LogP contribution in [-0.2, 0) is 9.84 Å². The Morgan fingerprint density at radius 2 is 2.31 bits per heavy atom. The molecule has 13 heavy (non-hydrogen) atoms. The first-order valence-electron chi connectivity index (χ1n) is 3.83. The second-order valence-corrected chi connectivity index (χ2v) is 5.31. The zero-order valence-electron chi connectivity index (χ0n) is 6.69. The number of hydrogen-bond donors (Lipinski definition) is 1. The SMILES string of the molecule is O=c1[nH]c(C2CCS(=O)(=O)C2)no1. The molecule has 1 N–H and O–H groups in total. The Morgan fingerprint density at radius 3 is 2.77 bits per heavy atom. The molecule has 1 aromatic rings. The number of rotatable bonds is 1. The summed E-state index contributed by atoms with van der Waals surface area (Å²) >= 11 is 0. The second kappa shape index (κ2) is 2.69. The van der Waals surface area contributed by atoms with Gasteiger partial charge in [0.1, 0.15) is 0 Å². The van der Waals surface area contributed by atoms with Gasteiger partial charge in [-0.1, -0.05) is 5.16 Å². The predicted molar refractivity (Wildman–Crippen MR) is 43.1 cm³/mol. The Kier molecular flexibility index (Phi) is 1.76. The van der Waals surface area contributed by atoms with Gasteiger partial charge in [0.05, 0.1) is 11.5 Å². The molecule has 6 nitrogen and oxygen atoms in total. The minimum atomic E-state index is -2.94. The smallest absolute Gasteiger partial charge is 0.296 e. The van der Waals surface area contributed by atoms with Crippen molar-refractivity contribution in [2.75, 3.05) is 11.5 Å². The molecular weight excluding hydrogens is 196 g/mol. The molecule has 0 spiro atoms. The van der Waals surface area contributed by atoms with E-state index in [4.69, 9.17) is 0 Å². The Morgan fingerprint density at radius 1 is 1.54 bits per heavy atom. The highest BCUT2D eigenvalue weighted by Crippen LogP contribution is 2.25. The zero-order valence-corrected chi connectivity index (χ0v) is 7.50. The van der Waals surface area contributed by atoms with Crippen molar-refractivity contribution in [2.45, 2.75) is 12.3 Å². The number of nitrogens with one attached hydrogen (secondary N) is 1. The summed E-state index contributed by atoms with van der Waals surface area (Å²) in [4.78, 5) is 12.9. The third-order valence-corrected chi connectivity index (χ3v) is 3.84. The van der Waals surface area contributed by atoms with Crippen molar-refractivity contribution < 1.29 is 12.9 Å². The molecule has 0 aromatic carbocycles. The maximum atomic E-state index is 11.1. The van der Waals surface area contributed by atoms with Gasteiger partial charge in [0.2, 0.25) is 0 Å². The highest BCUT2D eigenvalue weighted by atomic mass is 32.2. The summed E-state index contributed by atoms with van der Waals surface area (Å²) in [5.41, 5.74) is 0. The van der Waals surface area contributed by atoms with Gasteiger partial charge in [-0.15, -0.1) is 0 Å². The van der Waals surface area contributed by atoms with Gasteiger partial charge in [0.15, 0.2) is 15.7 Å². The van der Waals surface area contributed by atoms with E-state index in [-0.39, 0.29) is 17.4 Å². The van der Waals surface area contributed by atoms with Gasteiger partial charge in [-0.2, -0.15) is 0 Å². The van der Waals surface area contributed by atoms with E-state index in [2.05, 4.69) is 14.7 Å². The Hall–Kier alpha value is -1.11. The first-order chi connectivity index (χ1) is 6.07. The molecule has 1 aromatic heterocycles. The fraction of sp³-hybridized carbons (Fsp3) is 0.667. The van der Waals surface area contributed by atoms with Gasteiger partial charge in [-0.3, -0.25) is 9.51 Å². The van der Waals surface area contributed by atoms with Crippen LogP contribution in [0.5, 0.6) is 0 Å². The molecule has 1 aliphatic rings. The normalized spacial score (nSPS) is 26.3. The van der Waals surface area contributed by atoms with Crippen LogP contribution in [0.4, 0.5) is 0 Å². The minimum Gasteiger partial charge on any atom is -0.296 e. The lowest BCUT2D eigenvalue weighted by Gasteiger charge is -1.98. The Balaban J connectivity index is 2.26. The summed E-state index contributed by atoms with van der Waals surface area (Å²) in [6.45, 7) is 0. The molecule has 1 saturated heterocycles. The molecule has 1 atom stereocenters. The molecule has 0 bridgehead atoms. The standard InChI is InChI=1S/C6H8N2O4S/c9-6-7-5(8-12-6)4-1-2-13(10,11)3-4/h4H,1-3H2,(H,7,8,9). The summed E-state index contributed by atoms with van der Waals surface area (Å²) in [6, 6.07) is 0. The van der Waals surface area contributed by atoms with Crippen LogP contribution in [0.25, 0.3) is 0 Å². The van der Waals surface area contributed by atoms with Crippen molar-refractivity contribution in [2.24, 2.45) is 0 Å². The third-order valence-electron chi connectivity index (χ3n) is 2.08. The molecule has 2 rings (SSSR count). The third kappa shape index (κ3) is 1.64. The van der Waals surface area contributed by atoms with Crippen molar-refractivity contribution in [3.8, 4) is 0 Å². The number of nitrogens with zero attached hydrogens (tertiary/aromatic N) is 1. The maximum absolute atomic E-state index is 11.1. The largest absolute Gasteiger partial charge is 0.438 e. The van der Waals surface area contributed by atoms with Crippen LogP contribution in [0.1, 0.15) is 18.2 Å². The summed E-state index contributed by atoms with van der Waals surface area (Å²) in [5.74, 6) is -0.302. The highest BCUT2D eigenvalue weighted by Gasteiger charge is 2.31. The first kappa shape index (κ1) is 8.49. The van der Waals surface area contributed by atoms with Crippen molar-refractivity contribution in [3.63, 3.8) is 0 Å². The van der Waals surface area contributed by atoms with E-state index < -0.39 is 15.6 Å². The lowest BCUT2D eigenvalue weighted by atomic mass is 10.1. The van der Waals surface area contributed by atoms with Gasteiger partial charge < -0.3 is 0 Å². The Bertz CT molecular complexity index is 457. The lowest BCUT2D eigenvalue weighted by Crippen LogP contribution is -2.06. The van der Waals surface area contributed by atoms with E-state index in [0.29, 0.717) is 12.2 Å². The van der Waals surface area contributed by atoms with Gasteiger partial charge >= 0.3 is 5.76 Å². The quantitative estimate of drug-likeness (QED) is 0.650. The van der Waals surface area contributed by atoms with E-state index in [1.165, 1.54) is 0 Å². The summed E-state index contributed by atoms with van der Waals surface area (Å²) in [5, 5.41) is 3.46. The maximum Gasteiger partial charge on any atom is 0.438 e. The molecule has 0 radical (unpaired) electrons. The number of sulfone groups is 1. The summed E-state index contributed by atoms with van der Waals surface area (Å²) in [7, 11) is -2.94. The zero-order chi connectivity index (χ0) is 9.47. The number of hydrogen-bond acceptors (Lipinski definition) is 5. The molecule has 0 aliphatic carbocycles. The number of aromatic amines is 1. The van der Waals surface area contributed by atoms with Gasteiger partial charge in [-0.05, 0) is 6.42 Å². The van der Waals surface area contributed by atoms with Crippen LogP contribution in [0.3, 0.4) is 0 Å². The predicted octanol–water partition coefficient (Wildman–Crippen LogP) is -0.735. The second-order valence-electron chi connectivity index (χ2n) is 3.08. The molecule has 0 amide bonds. The molecule has 7 heteroatoms. The van der Waals surface area contributed by atoms with E-state index in [9.17, 15) is 13.2 Å². The minimum absolute atomic E-state index is 0.0511. The molecule has 0 saturated carbocycles. The fourth-order valence-corrected chi connectivity index (χ4v) is 3.18. The van der Waals surface area contributed by atoms with Crippen LogP contribution < -0.4 is 5.76 Å². The average Bonchev–Trinajstić information content (AvgIpc) is 2.56. The van der Waals surface area contributed by atoms with Crippen molar-refractivity contribution in [1.29, 1.82) is 0 Å². The monoisotopic (exact) mass is 204 g/mol. The van der Waals surface area contributed by atoms with Gasteiger partial charge in [0.25, 0.3) is 0 Å². The van der Waals surface area contributed by atoms with Crippen LogP contribution in [0.2, 0.25) is 0 Å². The number of H-pyrrole nitrogens is 1. The van der Waals surface area contributed by atoms with Crippen molar-refractivity contribution in [1.82, 2.24) is 10.1 Å². The molecule has 1 fully saturated rings. The van der Waals surface area contributed by atoms with Crippen molar-refractivity contribution in [3.05, 3.63) is 16.4 Å². The highest BCUT2D eigenvalue weighted by molar-refractivity contribution is 7.91. The molecule has 72 valence electrons. The topological polar surface area (TPSA) is 93.0 Å². The van der Waals surface area contributed by atoms with E-state index >= 15 is 0 Å². The average molecular weight is 204 g/mol. The van der Waals surface area contributed by atoms with Crippen LogP contribution in [-0.4, -0.2) is 30.1 Å². The molecule has 1 aliphatic heterocycles. The van der Waals surface area contributed by atoms with Gasteiger partial charge in [0, 0.05) is 5.92 Å². The number of aromatic nitrogens is 2. The molecule has 1 unspecified atom stereocenters. The van der Waals surface area contributed by atoms with Gasteiger partial charge in [-0.25, -0.2) is 13.2 Å². The Labute approximate surface area is 73.9 Å². The first-order valence-corrected chi connectivity index (χ1v) is 5.65. The van der Waals surface area contributed by atoms with E-state index in [0.717, 1.165) is 0 Å². The lowest BCUT2D eigenvalue weighted by molar-refractivity contribution is 0.378. The van der Waals surface area contributed by atoms with Crippen LogP contribution in [0, 0.1) is 0 Å². The molecule has 2 heterocycles. The van der Waals surface area contributed by atoms with Crippen molar-refractivity contribution >= 4 is 9.84 Å². The van der Waals surface area contributed by atoms with Crippen LogP contribution >= 0.6 is 0 Å². The molecular formula is C6H8N2O4S. The summed E-state index contributed by atoms with van der Waals surface area (Å²) < 4.78 is 26.4.